The van der Waals surface area contributed by atoms with Crippen molar-refractivity contribution < 1.29 is 22.7 Å². The molecule has 9 heteroatoms. The minimum absolute atomic E-state index is 0.00574. The highest BCUT2D eigenvalue weighted by Gasteiger charge is 2.25. The van der Waals surface area contributed by atoms with Gasteiger partial charge in [0, 0.05) is 18.1 Å². The summed E-state index contributed by atoms with van der Waals surface area (Å²) in [6.07, 6.45) is 0. The summed E-state index contributed by atoms with van der Waals surface area (Å²) < 4.78 is 36.8. The first kappa shape index (κ1) is 22.0. The van der Waals surface area contributed by atoms with Crippen molar-refractivity contribution in [2.45, 2.75) is 17.9 Å². The van der Waals surface area contributed by atoms with Crippen molar-refractivity contribution in [3.05, 3.63) is 53.1 Å². The maximum absolute atomic E-state index is 12.8. The van der Waals surface area contributed by atoms with E-state index in [0.29, 0.717) is 10.8 Å². The van der Waals surface area contributed by atoms with Gasteiger partial charge in [0.25, 0.3) is 0 Å². The van der Waals surface area contributed by atoms with Gasteiger partial charge in [-0.05, 0) is 36.8 Å². The minimum atomic E-state index is -3.88. The average Bonchev–Trinajstić information content (AvgIpc) is 2.67. The molecule has 0 aliphatic rings. The zero-order chi connectivity index (χ0) is 20.9. The molecule has 0 heterocycles. The van der Waals surface area contributed by atoms with Crippen molar-refractivity contribution in [3.63, 3.8) is 0 Å². The Labute approximate surface area is 170 Å². The highest BCUT2D eigenvalue weighted by molar-refractivity contribution is 7.89. The van der Waals surface area contributed by atoms with Gasteiger partial charge >= 0.3 is 0 Å². The number of hydrogen-bond donors (Lipinski definition) is 1. The summed E-state index contributed by atoms with van der Waals surface area (Å²) in [5.41, 5.74) is 0.864. The van der Waals surface area contributed by atoms with Gasteiger partial charge in [0.1, 0.15) is 0 Å². The van der Waals surface area contributed by atoms with Crippen molar-refractivity contribution in [1.29, 1.82) is 0 Å². The fraction of sp³-hybridized carbons (Fsp3) is 0.316. The van der Waals surface area contributed by atoms with Crippen LogP contribution in [0, 0.1) is 0 Å². The molecule has 0 saturated heterocycles. The standard InChI is InChI=1S/C19H23ClN2O5S/c1-13(14-5-7-15(20)8-6-14)21-19(23)12-22(2)28(24,25)16-9-10-17(26-3)18(11-16)27-4/h5-11,13H,12H2,1-4H3,(H,21,23). The molecule has 0 aliphatic heterocycles. The molecule has 2 aromatic rings. The second-order valence-corrected chi connectivity index (χ2v) is 8.60. The van der Waals surface area contributed by atoms with Crippen molar-refractivity contribution in [1.82, 2.24) is 9.62 Å². The number of amides is 1. The van der Waals surface area contributed by atoms with E-state index < -0.39 is 15.9 Å². The first-order valence-corrected chi connectivity index (χ1v) is 10.2. The number of nitrogens with one attached hydrogen (secondary N) is 1. The van der Waals surface area contributed by atoms with E-state index in [1.807, 2.05) is 6.92 Å². The fourth-order valence-electron chi connectivity index (χ4n) is 2.57. The third-order valence-electron chi connectivity index (χ3n) is 4.18. The Kier molecular flexibility index (Phi) is 7.29. The molecular formula is C19H23ClN2O5S. The molecule has 0 saturated carbocycles. The van der Waals surface area contributed by atoms with E-state index in [4.69, 9.17) is 21.1 Å². The summed E-state index contributed by atoms with van der Waals surface area (Å²) in [7, 11) is 0.350. The van der Waals surface area contributed by atoms with Crippen LogP contribution in [0.5, 0.6) is 11.5 Å². The molecule has 0 spiro atoms. The average molecular weight is 427 g/mol. The molecule has 0 radical (unpaired) electrons. The van der Waals surface area contributed by atoms with Gasteiger partial charge in [0.2, 0.25) is 15.9 Å². The predicted molar refractivity (Wildman–Crippen MR) is 107 cm³/mol. The molecule has 0 bridgehead atoms. The van der Waals surface area contributed by atoms with Gasteiger partial charge in [-0.1, -0.05) is 23.7 Å². The van der Waals surface area contributed by atoms with Crippen LogP contribution in [0.2, 0.25) is 5.02 Å². The number of halogens is 1. The zero-order valence-corrected chi connectivity index (χ0v) is 17.7. The van der Waals surface area contributed by atoms with Crippen LogP contribution < -0.4 is 14.8 Å². The number of carbonyl (C=O) groups excluding carboxylic acids is 1. The van der Waals surface area contributed by atoms with Crippen molar-refractivity contribution in [3.8, 4) is 11.5 Å². The van der Waals surface area contributed by atoms with Gasteiger partial charge in [-0.2, -0.15) is 4.31 Å². The third kappa shape index (κ3) is 5.15. The Morgan fingerprint density at radius 3 is 2.29 bits per heavy atom. The Bertz CT molecular complexity index is 932. The minimum Gasteiger partial charge on any atom is -0.493 e. The van der Waals surface area contributed by atoms with E-state index in [2.05, 4.69) is 5.32 Å². The Hall–Kier alpha value is -2.29. The van der Waals surface area contributed by atoms with Crippen LogP contribution >= 0.6 is 11.6 Å². The van der Waals surface area contributed by atoms with Crippen molar-refractivity contribution >= 4 is 27.5 Å². The van der Waals surface area contributed by atoms with Crippen LogP contribution in [0.25, 0.3) is 0 Å². The number of rotatable bonds is 8. The normalized spacial score (nSPS) is 12.5. The van der Waals surface area contributed by atoms with Crippen LogP contribution in [-0.4, -0.2) is 46.4 Å². The molecular weight excluding hydrogens is 404 g/mol. The highest BCUT2D eigenvalue weighted by atomic mass is 35.5. The molecule has 152 valence electrons. The maximum atomic E-state index is 12.8. The lowest BCUT2D eigenvalue weighted by Crippen LogP contribution is -2.39. The lowest BCUT2D eigenvalue weighted by Gasteiger charge is -2.20. The van der Waals surface area contributed by atoms with E-state index in [1.165, 1.54) is 39.5 Å². The summed E-state index contributed by atoms with van der Waals surface area (Å²) in [5.74, 6) is 0.283. The molecule has 2 aromatic carbocycles. The number of methoxy groups -OCH3 is 2. The van der Waals surface area contributed by atoms with Crippen LogP contribution in [0.15, 0.2) is 47.4 Å². The third-order valence-corrected chi connectivity index (χ3v) is 6.23. The number of carbonyl (C=O) groups is 1. The van der Waals surface area contributed by atoms with Crippen molar-refractivity contribution in [2.24, 2.45) is 0 Å². The topological polar surface area (TPSA) is 84.9 Å². The lowest BCUT2D eigenvalue weighted by atomic mass is 10.1. The lowest BCUT2D eigenvalue weighted by molar-refractivity contribution is -0.121. The number of likely N-dealkylation sites (N-methyl/N-ethyl adjacent to an activating group) is 1. The highest BCUT2D eigenvalue weighted by Crippen LogP contribution is 2.30. The van der Waals surface area contributed by atoms with Gasteiger partial charge in [-0.3, -0.25) is 4.79 Å². The first-order chi connectivity index (χ1) is 13.2. The van der Waals surface area contributed by atoms with E-state index in [-0.39, 0.29) is 23.2 Å². The maximum Gasteiger partial charge on any atom is 0.243 e. The summed E-state index contributed by atoms with van der Waals surface area (Å²) in [6.45, 7) is 1.48. The van der Waals surface area contributed by atoms with Crippen LogP contribution in [-0.2, 0) is 14.8 Å². The van der Waals surface area contributed by atoms with Crippen LogP contribution in [0.1, 0.15) is 18.5 Å². The Morgan fingerprint density at radius 1 is 1.11 bits per heavy atom. The predicted octanol–water partition coefficient (Wildman–Crippen LogP) is 2.86. The monoisotopic (exact) mass is 426 g/mol. The molecule has 0 aromatic heterocycles. The summed E-state index contributed by atoms with van der Waals surface area (Å²) in [6, 6.07) is 11.0. The van der Waals surface area contributed by atoms with Gasteiger partial charge in [0.15, 0.2) is 11.5 Å². The largest absolute Gasteiger partial charge is 0.493 e. The second-order valence-electron chi connectivity index (χ2n) is 6.12. The fourth-order valence-corrected chi connectivity index (χ4v) is 3.84. The smallest absolute Gasteiger partial charge is 0.243 e. The van der Waals surface area contributed by atoms with Gasteiger partial charge < -0.3 is 14.8 Å². The number of ether oxygens (including phenoxy) is 2. The SMILES string of the molecule is COc1ccc(S(=O)(=O)N(C)CC(=O)NC(C)c2ccc(Cl)cc2)cc1OC. The van der Waals surface area contributed by atoms with E-state index in [9.17, 15) is 13.2 Å². The summed E-state index contributed by atoms with van der Waals surface area (Å²) >= 11 is 5.86. The number of nitrogens with zero attached hydrogens (tertiary/aromatic N) is 1. The first-order valence-electron chi connectivity index (χ1n) is 8.42. The molecule has 1 unspecified atom stereocenters. The molecule has 0 fully saturated rings. The Morgan fingerprint density at radius 2 is 1.71 bits per heavy atom. The van der Waals surface area contributed by atoms with E-state index in [0.717, 1.165) is 9.87 Å². The van der Waals surface area contributed by atoms with Gasteiger partial charge in [-0.25, -0.2) is 8.42 Å². The molecule has 28 heavy (non-hydrogen) atoms. The van der Waals surface area contributed by atoms with Crippen LogP contribution in [0.4, 0.5) is 0 Å². The Balaban J connectivity index is 2.08. The molecule has 2 rings (SSSR count). The number of benzene rings is 2. The van der Waals surface area contributed by atoms with Gasteiger partial charge in [-0.15, -0.1) is 0 Å². The molecule has 1 amide bonds. The summed E-state index contributed by atoms with van der Waals surface area (Å²) in [4.78, 5) is 12.3. The number of sulfonamides is 1. The summed E-state index contributed by atoms with van der Waals surface area (Å²) in [5, 5.41) is 3.38. The van der Waals surface area contributed by atoms with E-state index >= 15 is 0 Å². The van der Waals surface area contributed by atoms with Crippen LogP contribution in [0.3, 0.4) is 0 Å². The molecule has 1 atom stereocenters. The molecule has 1 N–H and O–H groups in total. The second kappa shape index (κ2) is 9.27. The quantitative estimate of drug-likeness (QED) is 0.701. The van der Waals surface area contributed by atoms with Crippen molar-refractivity contribution in [2.75, 3.05) is 27.8 Å². The molecule has 7 nitrogen and oxygen atoms in total. The molecule has 0 aliphatic carbocycles. The van der Waals surface area contributed by atoms with E-state index in [1.54, 1.807) is 24.3 Å². The number of hydrogen-bond acceptors (Lipinski definition) is 5. The zero-order valence-electron chi connectivity index (χ0n) is 16.1. The van der Waals surface area contributed by atoms with Gasteiger partial charge in [0.05, 0.1) is 31.7 Å².